The Balaban J connectivity index is 2.04. The third-order valence-electron chi connectivity index (χ3n) is 4.14. The zero-order chi connectivity index (χ0) is 11.6. The van der Waals surface area contributed by atoms with Crippen LogP contribution in [0.25, 0.3) is 0 Å². The van der Waals surface area contributed by atoms with Crippen LogP contribution >= 0.6 is 0 Å². The zero-order valence-electron chi connectivity index (χ0n) is 10.6. The summed E-state index contributed by atoms with van der Waals surface area (Å²) in [4.78, 5) is 1.60. The lowest BCUT2D eigenvalue weighted by molar-refractivity contribution is -0.906. The molecule has 2 heteroatoms. The van der Waals surface area contributed by atoms with Crippen molar-refractivity contribution in [1.82, 2.24) is 0 Å². The van der Waals surface area contributed by atoms with Crippen LogP contribution in [0.5, 0.6) is 0 Å². The number of hydrogen-bond acceptors (Lipinski definition) is 1. The number of ether oxygens (including phenoxy) is 1. The normalized spacial score (nSPS) is 38.2. The van der Waals surface area contributed by atoms with Crippen molar-refractivity contribution in [2.75, 3.05) is 26.2 Å². The SMILES string of the molecule is C#CC[NH+]1CCC[C@@]2(CCOC(C)(C)C2)C1. The van der Waals surface area contributed by atoms with E-state index >= 15 is 0 Å². The number of hydrogen-bond donors (Lipinski definition) is 1. The highest BCUT2D eigenvalue weighted by atomic mass is 16.5. The number of rotatable bonds is 1. The minimum absolute atomic E-state index is 0.0663. The minimum atomic E-state index is 0.0663. The molecule has 2 aliphatic heterocycles. The van der Waals surface area contributed by atoms with Crippen LogP contribution in [0.2, 0.25) is 0 Å². The molecule has 0 bridgehead atoms. The van der Waals surface area contributed by atoms with Gasteiger partial charge in [-0.3, -0.25) is 0 Å². The van der Waals surface area contributed by atoms with Crippen molar-refractivity contribution in [3.63, 3.8) is 0 Å². The molecule has 2 fully saturated rings. The average molecular weight is 222 g/mol. The summed E-state index contributed by atoms with van der Waals surface area (Å²) in [6.45, 7) is 8.78. The Morgan fingerprint density at radius 3 is 2.88 bits per heavy atom. The van der Waals surface area contributed by atoms with E-state index in [4.69, 9.17) is 11.2 Å². The summed E-state index contributed by atoms with van der Waals surface area (Å²) in [5.74, 6) is 2.81. The second-order valence-electron chi connectivity index (χ2n) is 6.20. The molecule has 2 atom stereocenters. The van der Waals surface area contributed by atoms with Crippen molar-refractivity contribution >= 4 is 0 Å². The maximum atomic E-state index is 5.84. The van der Waals surface area contributed by atoms with Crippen LogP contribution in [0.15, 0.2) is 0 Å². The van der Waals surface area contributed by atoms with Gasteiger partial charge in [0.15, 0.2) is 0 Å². The Bertz CT molecular complexity index is 288. The first-order valence-electron chi connectivity index (χ1n) is 6.46. The van der Waals surface area contributed by atoms with Gasteiger partial charge in [0.1, 0.15) is 6.54 Å². The van der Waals surface area contributed by atoms with Crippen molar-refractivity contribution in [3.8, 4) is 12.3 Å². The molecule has 0 aromatic carbocycles. The van der Waals surface area contributed by atoms with Crippen molar-refractivity contribution < 1.29 is 9.64 Å². The number of nitrogens with one attached hydrogen (secondary N) is 1. The lowest BCUT2D eigenvalue weighted by Crippen LogP contribution is -3.14. The van der Waals surface area contributed by atoms with E-state index in [0.717, 1.165) is 13.2 Å². The second kappa shape index (κ2) is 4.39. The summed E-state index contributed by atoms with van der Waals surface area (Å²) < 4.78 is 5.84. The van der Waals surface area contributed by atoms with Gasteiger partial charge in [-0.2, -0.15) is 0 Å². The Hall–Kier alpha value is -0.520. The van der Waals surface area contributed by atoms with E-state index in [1.807, 2.05) is 0 Å². The first-order valence-corrected chi connectivity index (χ1v) is 6.46. The van der Waals surface area contributed by atoms with Gasteiger partial charge < -0.3 is 9.64 Å². The van der Waals surface area contributed by atoms with Crippen molar-refractivity contribution in [1.29, 1.82) is 0 Å². The summed E-state index contributed by atoms with van der Waals surface area (Å²) in [7, 11) is 0. The fourth-order valence-corrected chi connectivity index (χ4v) is 3.67. The van der Waals surface area contributed by atoms with Gasteiger partial charge in [0, 0.05) is 12.0 Å². The molecule has 0 aliphatic carbocycles. The molecule has 2 saturated heterocycles. The summed E-state index contributed by atoms with van der Waals surface area (Å²) in [6.07, 6.45) is 10.6. The maximum absolute atomic E-state index is 5.84. The van der Waals surface area contributed by atoms with Gasteiger partial charge in [-0.15, -0.1) is 6.42 Å². The number of terminal acetylenes is 1. The monoisotopic (exact) mass is 222 g/mol. The molecular formula is C14H24NO+. The van der Waals surface area contributed by atoms with Crippen LogP contribution in [0.3, 0.4) is 0 Å². The fraction of sp³-hybridized carbons (Fsp3) is 0.857. The van der Waals surface area contributed by atoms with Gasteiger partial charge in [0.2, 0.25) is 0 Å². The summed E-state index contributed by atoms with van der Waals surface area (Å²) in [6, 6.07) is 0. The molecule has 2 aliphatic rings. The molecule has 1 N–H and O–H groups in total. The van der Waals surface area contributed by atoms with Crippen LogP contribution in [0.4, 0.5) is 0 Å². The Kier molecular flexibility index (Phi) is 3.28. The van der Waals surface area contributed by atoms with Crippen LogP contribution < -0.4 is 4.90 Å². The highest BCUT2D eigenvalue weighted by Crippen LogP contribution is 2.42. The van der Waals surface area contributed by atoms with Gasteiger partial charge in [-0.25, -0.2) is 0 Å². The van der Waals surface area contributed by atoms with Crippen molar-refractivity contribution in [2.24, 2.45) is 5.41 Å². The van der Waals surface area contributed by atoms with E-state index in [2.05, 4.69) is 19.8 Å². The van der Waals surface area contributed by atoms with Crippen LogP contribution in [0.1, 0.15) is 39.5 Å². The molecule has 0 radical (unpaired) electrons. The summed E-state index contributed by atoms with van der Waals surface area (Å²) in [5.41, 5.74) is 0.572. The van der Waals surface area contributed by atoms with Crippen molar-refractivity contribution in [3.05, 3.63) is 0 Å². The molecule has 0 amide bonds. The van der Waals surface area contributed by atoms with Crippen LogP contribution in [-0.4, -0.2) is 31.8 Å². The van der Waals surface area contributed by atoms with E-state index in [9.17, 15) is 0 Å². The lowest BCUT2D eigenvalue weighted by atomic mass is 9.69. The first kappa shape index (κ1) is 12.0. The van der Waals surface area contributed by atoms with Crippen molar-refractivity contribution in [2.45, 2.75) is 45.1 Å². The van der Waals surface area contributed by atoms with E-state index in [-0.39, 0.29) is 5.60 Å². The number of likely N-dealkylation sites (tertiary alicyclic amines) is 1. The Morgan fingerprint density at radius 1 is 1.38 bits per heavy atom. The number of quaternary nitrogens is 1. The van der Waals surface area contributed by atoms with E-state index in [1.54, 1.807) is 4.90 Å². The predicted molar refractivity (Wildman–Crippen MR) is 65.3 cm³/mol. The van der Waals surface area contributed by atoms with Gasteiger partial charge in [-0.05, 0) is 45.5 Å². The molecule has 0 saturated carbocycles. The molecule has 2 rings (SSSR count). The van der Waals surface area contributed by atoms with Gasteiger partial charge >= 0.3 is 0 Å². The van der Waals surface area contributed by atoms with Crippen LogP contribution in [0, 0.1) is 17.8 Å². The fourth-order valence-electron chi connectivity index (χ4n) is 3.67. The molecule has 0 aromatic heterocycles. The predicted octanol–water partition coefficient (Wildman–Crippen LogP) is 0.874. The highest BCUT2D eigenvalue weighted by Gasteiger charge is 2.45. The van der Waals surface area contributed by atoms with E-state index < -0.39 is 0 Å². The first-order chi connectivity index (χ1) is 7.55. The second-order valence-corrected chi connectivity index (χ2v) is 6.20. The van der Waals surface area contributed by atoms with Gasteiger partial charge in [0.05, 0.1) is 18.7 Å². The highest BCUT2D eigenvalue weighted by molar-refractivity contribution is 4.92. The summed E-state index contributed by atoms with van der Waals surface area (Å²) >= 11 is 0. The molecule has 90 valence electrons. The van der Waals surface area contributed by atoms with Crippen LogP contribution in [-0.2, 0) is 4.74 Å². The smallest absolute Gasteiger partial charge is 0.139 e. The molecular weight excluding hydrogens is 198 g/mol. The molecule has 1 spiro atoms. The zero-order valence-corrected chi connectivity index (χ0v) is 10.6. The molecule has 2 heterocycles. The molecule has 16 heavy (non-hydrogen) atoms. The Labute approximate surface area is 99.3 Å². The van der Waals surface area contributed by atoms with Gasteiger partial charge in [0.25, 0.3) is 0 Å². The molecule has 2 nitrogen and oxygen atoms in total. The third kappa shape index (κ3) is 2.59. The molecule has 1 unspecified atom stereocenters. The summed E-state index contributed by atoms with van der Waals surface area (Å²) in [5, 5.41) is 0. The lowest BCUT2D eigenvalue weighted by Gasteiger charge is -2.47. The van der Waals surface area contributed by atoms with E-state index in [0.29, 0.717) is 5.41 Å². The minimum Gasteiger partial charge on any atom is -0.376 e. The number of piperidine rings is 1. The Morgan fingerprint density at radius 2 is 2.19 bits per heavy atom. The largest absolute Gasteiger partial charge is 0.376 e. The third-order valence-corrected chi connectivity index (χ3v) is 4.14. The maximum Gasteiger partial charge on any atom is 0.139 e. The quantitative estimate of drug-likeness (QED) is 0.650. The molecule has 0 aromatic rings. The van der Waals surface area contributed by atoms with Gasteiger partial charge in [-0.1, -0.05) is 0 Å². The average Bonchev–Trinajstić information content (AvgIpc) is 2.16. The van der Waals surface area contributed by atoms with E-state index in [1.165, 1.54) is 38.8 Å². The topological polar surface area (TPSA) is 13.7 Å². The standard InChI is InChI=1S/C14H23NO/c1-4-8-15-9-5-6-14(12-15)7-10-16-13(2,3)11-14/h1H,5-12H2,2-3H3/p+1/t14-/m0/s1.